The van der Waals surface area contributed by atoms with Gasteiger partial charge in [0.1, 0.15) is 12.1 Å². The summed E-state index contributed by atoms with van der Waals surface area (Å²) >= 11 is 0. The average Bonchev–Trinajstić information content (AvgIpc) is 2.68. The summed E-state index contributed by atoms with van der Waals surface area (Å²) < 4.78 is 5.42. The van der Waals surface area contributed by atoms with Gasteiger partial charge in [-0.1, -0.05) is 25.1 Å². The van der Waals surface area contributed by atoms with Gasteiger partial charge in [0.15, 0.2) is 0 Å². The Kier molecular flexibility index (Phi) is 4.61. The van der Waals surface area contributed by atoms with Crippen molar-refractivity contribution in [1.29, 1.82) is 0 Å². The van der Waals surface area contributed by atoms with Crippen LogP contribution in [-0.2, 0) is 10.2 Å². The minimum absolute atomic E-state index is 0.390. The van der Waals surface area contributed by atoms with E-state index < -0.39 is 11.3 Å². The SMILES string of the molecule is COc1ccccc1-c1cc(C2(C(C)C(N)=O)C=CC=NC2)ncn1. The molecule has 3 rings (SSSR count). The Morgan fingerprint density at radius 1 is 1.32 bits per heavy atom. The second-order valence-electron chi connectivity index (χ2n) is 6.00. The fourth-order valence-corrected chi connectivity index (χ4v) is 3.07. The maximum Gasteiger partial charge on any atom is 0.221 e. The fraction of sp³-hybridized carbons (Fsp3) is 0.263. The van der Waals surface area contributed by atoms with Gasteiger partial charge in [-0.2, -0.15) is 0 Å². The van der Waals surface area contributed by atoms with Crippen LogP contribution < -0.4 is 10.5 Å². The Balaban J connectivity index is 2.12. The molecule has 0 fully saturated rings. The van der Waals surface area contributed by atoms with Crippen molar-refractivity contribution < 1.29 is 9.53 Å². The van der Waals surface area contributed by atoms with E-state index in [4.69, 9.17) is 10.5 Å². The van der Waals surface area contributed by atoms with Gasteiger partial charge in [0.2, 0.25) is 5.91 Å². The highest BCUT2D eigenvalue weighted by Gasteiger charge is 2.41. The summed E-state index contributed by atoms with van der Waals surface area (Å²) in [7, 11) is 1.62. The lowest BCUT2D eigenvalue weighted by Gasteiger charge is -2.34. The van der Waals surface area contributed by atoms with Crippen molar-refractivity contribution in [1.82, 2.24) is 9.97 Å². The van der Waals surface area contributed by atoms with Gasteiger partial charge >= 0.3 is 0 Å². The first-order valence-electron chi connectivity index (χ1n) is 8.01. The van der Waals surface area contributed by atoms with Crippen LogP contribution >= 0.6 is 0 Å². The monoisotopic (exact) mass is 336 g/mol. The molecule has 2 atom stereocenters. The molecule has 2 unspecified atom stereocenters. The molecule has 6 nitrogen and oxygen atoms in total. The van der Waals surface area contributed by atoms with Gasteiger partial charge in [0.05, 0.1) is 36.4 Å². The number of aliphatic imine (C=N–C) groups is 1. The number of primary amides is 1. The number of ether oxygens (including phenoxy) is 1. The number of allylic oxidation sites excluding steroid dienone is 1. The van der Waals surface area contributed by atoms with Crippen molar-refractivity contribution >= 4 is 12.1 Å². The minimum Gasteiger partial charge on any atom is -0.496 e. The Labute approximate surface area is 146 Å². The van der Waals surface area contributed by atoms with Crippen molar-refractivity contribution in [2.75, 3.05) is 13.7 Å². The van der Waals surface area contributed by atoms with E-state index >= 15 is 0 Å². The summed E-state index contributed by atoms with van der Waals surface area (Å²) in [6, 6.07) is 9.52. The van der Waals surface area contributed by atoms with Crippen LogP contribution in [0.5, 0.6) is 5.75 Å². The summed E-state index contributed by atoms with van der Waals surface area (Å²) in [5, 5.41) is 0. The van der Waals surface area contributed by atoms with Gasteiger partial charge in [0.25, 0.3) is 0 Å². The number of hydrogen-bond acceptors (Lipinski definition) is 5. The summed E-state index contributed by atoms with van der Waals surface area (Å²) in [4.78, 5) is 25.1. The number of amides is 1. The second-order valence-corrected chi connectivity index (χ2v) is 6.00. The number of methoxy groups -OCH3 is 1. The molecule has 0 spiro atoms. The van der Waals surface area contributed by atoms with E-state index in [-0.39, 0.29) is 5.91 Å². The maximum absolute atomic E-state index is 11.9. The number of aromatic nitrogens is 2. The molecule has 1 aromatic carbocycles. The van der Waals surface area contributed by atoms with Crippen LogP contribution in [-0.4, -0.2) is 35.7 Å². The van der Waals surface area contributed by atoms with Crippen LogP contribution in [0.1, 0.15) is 12.6 Å². The van der Waals surface area contributed by atoms with Crippen LogP contribution in [0.4, 0.5) is 0 Å². The highest BCUT2D eigenvalue weighted by molar-refractivity contribution is 5.81. The number of carbonyl (C=O) groups is 1. The summed E-state index contributed by atoms with van der Waals surface area (Å²) in [5.41, 5.74) is 7.21. The Bertz CT molecular complexity index is 847. The molecular formula is C19H20N4O2. The standard InChI is InChI=1S/C19H20N4O2/c1-13(18(20)24)19(8-5-9-21-11-19)17-10-15(22-12-23-17)14-6-3-4-7-16(14)25-2/h3-10,12-13H,11H2,1-2H3,(H2,20,24). The van der Waals surface area contributed by atoms with Gasteiger partial charge in [0, 0.05) is 11.8 Å². The number of carbonyl (C=O) groups excluding carboxylic acids is 1. The fourth-order valence-electron chi connectivity index (χ4n) is 3.07. The van der Waals surface area contributed by atoms with Crippen LogP contribution in [0.15, 0.2) is 53.8 Å². The zero-order chi connectivity index (χ0) is 17.9. The van der Waals surface area contributed by atoms with Crippen molar-refractivity contribution in [3.8, 4) is 17.0 Å². The number of para-hydroxylation sites is 1. The average molecular weight is 336 g/mol. The van der Waals surface area contributed by atoms with Crippen LogP contribution in [0.3, 0.4) is 0 Å². The van der Waals surface area contributed by atoms with Gasteiger partial charge in [-0.25, -0.2) is 9.97 Å². The third kappa shape index (κ3) is 3.03. The van der Waals surface area contributed by atoms with Crippen molar-refractivity contribution in [3.63, 3.8) is 0 Å². The zero-order valence-corrected chi connectivity index (χ0v) is 14.2. The van der Waals surface area contributed by atoms with E-state index in [1.165, 1.54) is 6.33 Å². The Hall–Kier alpha value is -3.02. The lowest BCUT2D eigenvalue weighted by atomic mass is 9.71. The first kappa shape index (κ1) is 16.8. The van der Waals surface area contributed by atoms with Gasteiger partial charge < -0.3 is 10.5 Å². The van der Waals surface area contributed by atoms with Crippen molar-refractivity contribution in [3.05, 3.63) is 54.5 Å². The third-order valence-electron chi connectivity index (χ3n) is 4.66. The van der Waals surface area contributed by atoms with Gasteiger partial charge in [-0.05, 0) is 24.3 Å². The Morgan fingerprint density at radius 2 is 2.12 bits per heavy atom. The molecule has 1 aromatic heterocycles. The number of hydrogen-bond donors (Lipinski definition) is 1. The van der Waals surface area contributed by atoms with Crippen LogP contribution in [0.2, 0.25) is 0 Å². The molecule has 0 radical (unpaired) electrons. The number of dihydropyridines is 1. The van der Waals surface area contributed by atoms with Crippen molar-refractivity contribution in [2.45, 2.75) is 12.3 Å². The highest BCUT2D eigenvalue weighted by atomic mass is 16.5. The summed E-state index contributed by atoms with van der Waals surface area (Å²) in [6.07, 6.45) is 6.99. The van der Waals surface area contributed by atoms with E-state index in [9.17, 15) is 4.79 Å². The first-order valence-corrected chi connectivity index (χ1v) is 8.01. The summed E-state index contributed by atoms with van der Waals surface area (Å²) in [5.74, 6) is -0.123. The largest absolute Gasteiger partial charge is 0.496 e. The molecule has 2 N–H and O–H groups in total. The quantitative estimate of drug-likeness (QED) is 0.906. The van der Waals surface area contributed by atoms with E-state index in [0.717, 1.165) is 17.0 Å². The number of rotatable bonds is 5. The molecule has 25 heavy (non-hydrogen) atoms. The van der Waals surface area contributed by atoms with Gasteiger partial charge in [-0.15, -0.1) is 0 Å². The molecular weight excluding hydrogens is 316 g/mol. The second kappa shape index (κ2) is 6.84. The third-order valence-corrected chi connectivity index (χ3v) is 4.66. The lowest BCUT2D eigenvalue weighted by Crippen LogP contribution is -2.43. The van der Waals surface area contributed by atoms with E-state index in [1.807, 2.05) is 42.5 Å². The van der Waals surface area contributed by atoms with Crippen molar-refractivity contribution in [2.24, 2.45) is 16.6 Å². The molecule has 2 aromatic rings. The molecule has 0 aliphatic carbocycles. The van der Waals surface area contributed by atoms with Crippen LogP contribution in [0, 0.1) is 5.92 Å². The number of nitrogens with zero attached hydrogens (tertiary/aromatic N) is 3. The summed E-state index contributed by atoms with van der Waals surface area (Å²) in [6.45, 7) is 2.22. The molecule has 0 saturated heterocycles. The molecule has 0 saturated carbocycles. The molecule has 1 aliphatic heterocycles. The molecule has 2 heterocycles. The van der Waals surface area contributed by atoms with Gasteiger partial charge in [-0.3, -0.25) is 9.79 Å². The smallest absolute Gasteiger partial charge is 0.221 e. The number of benzene rings is 1. The lowest BCUT2D eigenvalue weighted by molar-refractivity contribution is -0.122. The Morgan fingerprint density at radius 3 is 2.80 bits per heavy atom. The maximum atomic E-state index is 11.9. The molecule has 1 aliphatic rings. The van der Waals surface area contributed by atoms with E-state index in [0.29, 0.717) is 12.2 Å². The number of nitrogens with two attached hydrogens (primary N) is 1. The molecule has 0 bridgehead atoms. The predicted molar refractivity (Wildman–Crippen MR) is 96.6 cm³/mol. The van der Waals surface area contributed by atoms with E-state index in [1.54, 1.807) is 20.2 Å². The predicted octanol–water partition coefficient (Wildman–Crippen LogP) is 2.15. The highest BCUT2D eigenvalue weighted by Crippen LogP contribution is 2.37. The normalized spacial score (nSPS) is 20.2. The molecule has 6 heteroatoms. The van der Waals surface area contributed by atoms with E-state index in [2.05, 4.69) is 15.0 Å². The van der Waals surface area contributed by atoms with Crippen LogP contribution in [0.25, 0.3) is 11.3 Å². The topological polar surface area (TPSA) is 90.5 Å². The molecule has 128 valence electrons. The molecule has 1 amide bonds. The zero-order valence-electron chi connectivity index (χ0n) is 14.2. The first-order chi connectivity index (χ1) is 12.1. The minimum atomic E-state index is -0.680.